The Labute approximate surface area is 160 Å². The lowest BCUT2D eigenvalue weighted by atomic mass is 10.1. The van der Waals surface area contributed by atoms with E-state index in [1.165, 1.54) is 11.3 Å². The third kappa shape index (κ3) is 4.19. The number of hydrogen-bond acceptors (Lipinski definition) is 3. The normalized spacial score (nSPS) is 16.9. The largest absolute Gasteiger partial charge is 0.342 e. The Hall–Kier alpha value is -2.66. The van der Waals surface area contributed by atoms with Gasteiger partial charge in [-0.15, -0.1) is 0 Å². The van der Waals surface area contributed by atoms with Gasteiger partial charge in [-0.2, -0.15) is 0 Å². The molecular formula is C22H26N4O. The highest BCUT2D eigenvalue weighted by Gasteiger charge is 2.25. The van der Waals surface area contributed by atoms with E-state index >= 15 is 0 Å². The standard InChI is InChI=1S/C22H26N4O/c1-17-7-8-21-24-14-20(26(21)15-17)13-23-12-19-9-10-25(16-19)22(27)11-18-5-3-2-4-6-18/h2-8,14-15,19,23H,9-13,16H2,1H3. The van der Waals surface area contributed by atoms with Crippen molar-refractivity contribution in [2.45, 2.75) is 26.3 Å². The summed E-state index contributed by atoms with van der Waals surface area (Å²) in [6.07, 6.45) is 5.63. The van der Waals surface area contributed by atoms with Crippen LogP contribution in [0.5, 0.6) is 0 Å². The summed E-state index contributed by atoms with van der Waals surface area (Å²) in [7, 11) is 0. The molecule has 1 aliphatic rings. The van der Waals surface area contributed by atoms with E-state index in [0.717, 1.165) is 43.8 Å². The van der Waals surface area contributed by atoms with Gasteiger partial charge in [0.15, 0.2) is 0 Å². The maximum atomic E-state index is 12.5. The van der Waals surface area contributed by atoms with Crippen LogP contribution >= 0.6 is 0 Å². The lowest BCUT2D eigenvalue weighted by Crippen LogP contribution is -2.32. The van der Waals surface area contributed by atoms with E-state index in [0.29, 0.717) is 12.3 Å². The van der Waals surface area contributed by atoms with Crippen molar-refractivity contribution in [1.82, 2.24) is 19.6 Å². The van der Waals surface area contributed by atoms with Crippen molar-refractivity contribution >= 4 is 11.6 Å². The molecule has 1 amide bonds. The fourth-order valence-electron chi connectivity index (χ4n) is 3.78. The number of rotatable bonds is 6. The second kappa shape index (κ2) is 7.92. The van der Waals surface area contributed by atoms with Gasteiger partial charge in [-0.3, -0.25) is 4.79 Å². The molecule has 1 unspecified atom stereocenters. The molecule has 1 atom stereocenters. The number of aromatic nitrogens is 2. The first-order valence-electron chi connectivity index (χ1n) is 9.64. The average molecular weight is 362 g/mol. The molecule has 1 aliphatic heterocycles. The van der Waals surface area contributed by atoms with Gasteiger partial charge in [0.1, 0.15) is 5.65 Å². The average Bonchev–Trinajstić information content (AvgIpc) is 3.30. The molecule has 2 aromatic heterocycles. The van der Waals surface area contributed by atoms with Crippen LogP contribution in [0.4, 0.5) is 0 Å². The lowest BCUT2D eigenvalue weighted by Gasteiger charge is -2.17. The number of pyridine rings is 1. The Kier molecular flexibility index (Phi) is 5.21. The number of nitrogens with one attached hydrogen (secondary N) is 1. The van der Waals surface area contributed by atoms with Crippen LogP contribution < -0.4 is 5.32 Å². The summed E-state index contributed by atoms with van der Waals surface area (Å²) in [5, 5.41) is 3.55. The predicted octanol–water partition coefficient (Wildman–Crippen LogP) is 2.82. The summed E-state index contributed by atoms with van der Waals surface area (Å²) in [4.78, 5) is 19.0. The Balaban J connectivity index is 1.26. The lowest BCUT2D eigenvalue weighted by molar-refractivity contribution is -0.129. The van der Waals surface area contributed by atoms with Crippen molar-refractivity contribution in [3.8, 4) is 0 Å². The van der Waals surface area contributed by atoms with Crippen LogP contribution in [0.1, 0.15) is 23.2 Å². The van der Waals surface area contributed by atoms with Crippen molar-refractivity contribution < 1.29 is 4.79 Å². The fraction of sp³-hybridized carbons (Fsp3) is 0.364. The van der Waals surface area contributed by atoms with E-state index in [4.69, 9.17) is 0 Å². The minimum Gasteiger partial charge on any atom is -0.342 e. The Morgan fingerprint density at radius 2 is 2.07 bits per heavy atom. The Bertz CT molecular complexity index is 918. The summed E-state index contributed by atoms with van der Waals surface area (Å²) in [5.74, 6) is 0.756. The van der Waals surface area contributed by atoms with Crippen molar-refractivity contribution in [2.75, 3.05) is 19.6 Å². The molecule has 5 heteroatoms. The smallest absolute Gasteiger partial charge is 0.226 e. The molecule has 0 radical (unpaired) electrons. The third-order valence-corrected chi connectivity index (χ3v) is 5.31. The van der Waals surface area contributed by atoms with Gasteiger partial charge in [-0.25, -0.2) is 4.98 Å². The predicted molar refractivity (Wildman–Crippen MR) is 106 cm³/mol. The highest BCUT2D eigenvalue weighted by Crippen LogP contribution is 2.17. The van der Waals surface area contributed by atoms with E-state index in [2.05, 4.69) is 33.9 Å². The van der Waals surface area contributed by atoms with Gasteiger partial charge in [-0.1, -0.05) is 36.4 Å². The van der Waals surface area contributed by atoms with Crippen molar-refractivity contribution in [3.05, 3.63) is 71.7 Å². The van der Waals surface area contributed by atoms with Crippen LogP contribution in [-0.2, 0) is 17.8 Å². The van der Waals surface area contributed by atoms with Crippen LogP contribution in [0.2, 0.25) is 0 Å². The summed E-state index contributed by atoms with van der Waals surface area (Å²) < 4.78 is 2.15. The van der Waals surface area contributed by atoms with Gasteiger partial charge in [-0.05, 0) is 36.5 Å². The van der Waals surface area contributed by atoms with Gasteiger partial charge in [0, 0.05) is 32.4 Å². The summed E-state index contributed by atoms with van der Waals surface area (Å²) >= 11 is 0. The first-order chi connectivity index (χ1) is 13.2. The van der Waals surface area contributed by atoms with Crippen molar-refractivity contribution in [3.63, 3.8) is 0 Å². The van der Waals surface area contributed by atoms with Gasteiger partial charge < -0.3 is 14.6 Å². The van der Waals surface area contributed by atoms with Crippen molar-refractivity contribution in [1.29, 1.82) is 0 Å². The second-order valence-corrected chi connectivity index (χ2v) is 7.47. The van der Waals surface area contributed by atoms with Crippen LogP contribution in [-0.4, -0.2) is 39.8 Å². The molecule has 4 rings (SSSR count). The van der Waals surface area contributed by atoms with Crippen molar-refractivity contribution in [2.24, 2.45) is 5.92 Å². The number of likely N-dealkylation sites (tertiary alicyclic amines) is 1. The number of aryl methyl sites for hydroxylation is 1. The summed E-state index contributed by atoms with van der Waals surface area (Å²) in [6, 6.07) is 14.1. The molecule has 5 nitrogen and oxygen atoms in total. The first-order valence-corrected chi connectivity index (χ1v) is 9.64. The van der Waals surface area contributed by atoms with E-state index in [1.54, 1.807) is 0 Å². The molecule has 1 saturated heterocycles. The minimum atomic E-state index is 0.237. The Morgan fingerprint density at radius 3 is 2.93 bits per heavy atom. The number of nitrogens with zero attached hydrogens (tertiary/aromatic N) is 3. The minimum absolute atomic E-state index is 0.237. The van der Waals surface area contributed by atoms with E-state index in [9.17, 15) is 4.79 Å². The van der Waals surface area contributed by atoms with Crippen LogP contribution in [0.15, 0.2) is 54.9 Å². The maximum Gasteiger partial charge on any atom is 0.226 e. The highest BCUT2D eigenvalue weighted by molar-refractivity contribution is 5.79. The Morgan fingerprint density at radius 1 is 1.22 bits per heavy atom. The number of carbonyl (C=O) groups is 1. The van der Waals surface area contributed by atoms with Gasteiger partial charge >= 0.3 is 0 Å². The number of carbonyl (C=O) groups excluding carboxylic acids is 1. The molecule has 140 valence electrons. The van der Waals surface area contributed by atoms with E-state index in [-0.39, 0.29) is 5.91 Å². The molecule has 0 saturated carbocycles. The topological polar surface area (TPSA) is 49.6 Å². The zero-order chi connectivity index (χ0) is 18.6. The van der Waals surface area contributed by atoms with Gasteiger partial charge in [0.05, 0.1) is 18.3 Å². The zero-order valence-corrected chi connectivity index (χ0v) is 15.8. The number of hydrogen-bond donors (Lipinski definition) is 1. The maximum absolute atomic E-state index is 12.5. The number of benzene rings is 1. The van der Waals surface area contributed by atoms with Crippen LogP contribution in [0.3, 0.4) is 0 Å². The highest BCUT2D eigenvalue weighted by atomic mass is 16.2. The summed E-state index contributed by atoms with van der Waals surface area (Å²) in [5.41, 5.74) is 4.47. The zero-order valence-electron chi connectivity index (χ0n) is 15.8. The molecule has 1 fully saturated rings. The van der Waals surface area contributed by atoms with Crippen LogP contribution in [0, 0.1) is 12.8 Å². The van der Waals surface area contributed by atoms with Gasteiger partial charge in [0.25, 0.3) is 0 Å². The molecular weight excluding hydrogens is 336 g/mol. The second-order valence-electron chi connectivity index (χ2n) is 7.47. The monoisotopic (exact) mass is 362 g/mol. The molecule has 3 aromatic rings. The molecule has 1 N–H and O–H groups in total. The molecule has 0 spiro atoms. The molecule has 0 aliphatic carbocycles. The molecule has 27 heavy (non-hydrogen) atoms. The fourth-order valence-corrected chi connectivity index (χ4v) is 3.78. The quantitative estimate of drug-likeness (QED) is 0.734. The van der Waals surface area contributed by atoms with Gasteiger partial charge in [0.2, 0.25) is 5.91 Å². The first kappa shape index (κ1) is 17.7. The number of imidazole rings is 1. The molecule has 0 bridgehead atoms. The molecule has 1 aromatic carbocycles. The number of amides is 1. The van der Waals surface area contributed by atoms with Crippen LogP contribution in [0.25, 0.3) is 5.65 Å². The molecule has 3 heterocycles. The summed E-state index contributed by atoms with van der Waals surface area (Å²) in [6.45, 7) is 5.53. The van der Waals surface area contributed by atoms with E-state index < -0.39 is 0 Å². The number of fused-ring (bicyclic) bond motifs is 1. The third-order valence-electron chi connectivity index (χ3n) is 5.31. The SMILES string of the molecule is Cc1ccc2ncc(CNCC3CCN(C(=O)Cc4ccccc4)C3)n2c1. The van der Waals surface area contributed by atoms with E-state index in [1.807, 2.05) is 47.5 Å².